The maximum absolute atomic E-state index is 12.6. The fourth-order valence-electron chi connectivity index (χ4n) is 3.14. The molecule has 0 unspecified atom stereocenters. The van der Waals surface area contributed by atoms with Crippen molar-refractivity contribution < 1.29 is 14.0 Å². The first-order valence-corrected chi connectivity index (χ1v) is 8.56. The minimum Gasteiger partial charge on any atom is -0.408 e. The smallest absolute Gasteiger partial charge is 0.408 e. The standard InChI is InChI=1S/C15H15N3O4S/c19-12-15(5-8-23-9-15)16-13(20)18(12)7-6-17-10-3-1-2-4-11(10)22-14(17)21/h1-4H,5-9H2,(H,16,20)/t15-/m0/s1. The minimum absolute atomic E-state index is 0.153. The Labute approximate surface area is 135 Å². The number of nitrogens with one attached hydrogen (secondary N) is 1. The van der Waals surface area contributed by atoms with Gasteiger partial charge in [-0.25, -0.2) is 9.59 Å². The Bertz CT molecular complexity index is 850. The number of hydrogen-bond donors (Lipinski definition) is 1. The molecule has 1 atom stereocenters. The molecule has 8 heteroatoms. The van der Waals surface area contributed by atoms with Crippen molar-refractivity contribution in [2.24, 2.45) is 0 Å². The van der Waals surface area contributed by atoms with Crippen molar-refractivity contribution in [1.82, 2.24) is 14.8 Å². The van der Waals surface area contributed by atoms with Crippen LogP contribution in [0.4, 0.5) is 4.79 Å². The molecular weight excluding hydrogens is 318 g/mol. The van der Waals surface area contributed by atoms with E-state index in [9.17, 15) is 14.4 Å². The van der Waals surface area contributed by atoms with Crippen molar-refractivity contribution in [3.8, 4) is 0 Å². The molecule has 1 N–H and O–H groups in total. The molecule has 2 aromatic rings. The van der Waals surface area contributed by atoms with Crippen LogP contribution in [-0.2, 0) is 11.3 Å². The summed E-state index contributed by atoms with van der Waals surface area (Å²) in [6.45, 7) is 0.374. The molecule has 4 rings (SSSR count). The normalized spacial score (nSPS) is 24.1. The number of urea groups is 1. The second-order valence-corrected chi connectivity index (χ2v) is 6.86. The van der Waals surface area contributed by atoms with E-state index in [0.717, 1.165) is 5.75 Å². The summed E-state index contributed by atoms with van der Waals surface area (Å²) < 4.78 is 6.61. The molecule has 7 nitrogen and oxygen atoms in total. The molecule has 3 amide bonds. The van der Waals surface area contributed by atoms with Gasteiger partial charge in [0.25, 0.3) is 5.91 Å². The van der Waals surface area contributed by atoms with Crippen LogP contribution < -0.4 is 11.1 Å². The number of thioether (sulfide) groups is 1. The Hall–Kier alpha value is -2.22. The Morgan fingerprint density at radius 1 is 1.22 bits per heavy atom. The van der Waals surface area contributed by atoms with E-state index in [1.165, 1.54) is 9.47 Å². The minimum atomic E-state index is -0.745. The fraction of sp³-hybridized carbons (Fsp3) is 0.400. The number of hydrogen-bond acceptors (Lipinski definition) is 5. The summed E-state index contributed by atoms with van der Waals surface area (Å²) >= 11 is 1.67. The highest BCUT2D eigenvalue weighted by molar-refractivity contribution is 7.99. The number of amides is 3. The highest BCUT2D eigenvalue weighted by atomic mass is 32.2. The molecule has 0 saturated carbocycles. The van der Waals surface area contributed by atoms with Gasteiger partial charge in [0.15, 0.2) is 5.58 Å². The number of aromatic nitrogens is 1. The van der Waals surface area contributed by atoms with Crippen molar-refractivity contribution in [3.05, 3.63) is 34.8 Å². The highest BCUT2D eigenvalue weighted by Gasteiger charge is 2.52. The predicted molar refractivity (Wildman–Crippen MR) is 85.4 cm³/mol. The van der Waals surface area contributed by atoms with Gasteiger partial charge in [-0.2, -0.15) is 11.8 Å². The van der Waals surface area contributed by atoms with Crippen LogP contribution in [0.5, 0.6) is 0 Å². The van der Waals surface area contributed by atoms with Crippen molar-refractivity contribution in [2.45, 2.75) is 18.5 Å². The number of rotatable bonds is 3. The van der Waals surface area contributed by atoms with Crippen LogP contribution in [-0.4, -0.2) is 45.0 Å². The lowest BCUT2D eigenvalue weighted by Gasteiger charge is -2.19. The first-order valence-electron chi connectivity index (χ1n) is 7.41. The molecule has 3 heterocycles. The first-order chi connectivity index (χ1) is 11.1. The molecule has 0 radical (unpaired) electrons. The van der Waals surface area contributed by atoms with Gasteiger partial charge in [-0.1, -0.05) is 12.1 Å². The summed E-state index contributed by atoms with van der Waals surface area (Å²) in [5, 5.41) is 2.82. The van der Waals surface area contributed by atoms with Crippen molar-refractivity contribution in [2.75, 3.05) is 18.1 Å². The van der Waals surface area contributed by atoms with Gasteiger partial charge in [0.05, 0.1) is 5.52 Å². The van der Waals surface area contributed by atoms with Crippen molar-refractivity contribution in [3.63, 3.8) is 0 Å². The molecule has 1 spiro atoms. The second kappa shape index (κ2) is 5.16. The number of fused-ring (bicyclic) bond motifs is 1. The monoisotopic (exact) mass is 333 g/mol. The number of carbonyl (C=O) groups is 2. The van der Waals surface area contributed by atoms with E-state index in [4.69, 9.17) is 4.42 Å². The predicted octanol–water partition coefficient (Wildman–Crippen LogP) is 1.02. The highest BCUT2D eigenvalue weighted by Crippen LogP contribution is 2.33. The Morgan fingerprint density at radius 2 is 2.04 bits per heavy atom. The van der Waals surface area contributed by atoms with E-state index in [1.807, 2.05) is 6.07 Å². The summed E-state index contributed by atoms with van der Waals surface area (Å²) in [6, 6.07) is 6.71. The van der Waals surface area contributed by atoms with E-state index in [1.54, 1.807) is 30.0 Å². The van der Waals surface area contributed by atoms with E-state index in [0.29, 0.717) is 23.3 Å². The summed E-state index contributed by atoms with van der Waals surface area (Å²) in [7, 11) is 0. The molecule has 1 aromatic carbocycles. The topological polar surface area (TPSA) is 84.5 Å². The zero-order chi connectivity index (χ0) is 16.0. The summed E-state index contributed by atoms with van der Waals surface area (Å²) in [4.78, 5) is 37.8. The molecule has 1 aromatic heterocycles. The molecule has 2 aliphatic heterocycles. The SMILES string of the molecule is O=C1N[C@]2(CCSC2)C(=O)N1CCn1c(=O)oc2ccccc21. The first kappa shape index (κ1) is 14.4. The molecular formula is C15H15N3O4S. The summed E-state index contributed by atoms with van der Waals surface area (Å²) in [6.07, 6.45) is 0.660. The van der Waals surface area contributed by atoms with Gasteiger partial charge < -0.3 is 9.73 Å². The lowest BCUT2D eigenvalue weighted by atomic mass is 9.99. The van der Waals surface area contributed by atoms with E-state index in [2.05, 4.69) is 5.32 Å². The van der Waals surface area contributed by atoms with E-state index < -0.39 is 11.3 Å². The number of oxazole rings is 1. The molecule has 2 fully saturated rings. The number of benzene rings is 1. The van der Waals surface area contributed by atoms with Crippen LogP contribution in [0.1, 0.15) is 6.42 Å². The third-order valence-electron chi connectivity index (χ3n) is 4.39. The van der Waals surface area contributed by atoms with Gasteiger partial charge in [0.2, 0.25) is 0 Å². The second-order valence-electron chi connectivity index (χ2n) is 5.76. The zero-order valence-electron chi connectivity index (χ0n) is 12.3. The van der Waals surface area contributed by atoms with E-state index >= 15 is 0 Å². The lowest BCUT2D eigenvalue weighted by molar-refractivity contribution is -0.130. The quantitative estimate of drug-likeness (QED) is 0.848. The molecule has 23 heavy (non-hydrogen) atoms. The average molecular weight is 333 g/mol. The Kier molecular flexibility index (Phi) is 3.22. The van der Waals surface area contributed by atoms with Gasteiger partial charge in [-0.3, -0.25) is 14.3 Å². The number of nitrogens with zero attached hydrogens (tertiary/aromatic N) is 2. The number of imide groups is 1. The fourth-order valence-corrected chi connectivity index (χ4v) is 4.46. The Balaban J connectivity index is 1.57. The van der Waals surface area contributed by atoms with Crippen molar-refractivity contribution in [1.29, 1.82) is 0 Å². The van der Waals surface area contributed by atoms with E-state index in [-0.39, 0.29) is 25.0 Å². The zero-order valence-corrected chi connectivity index (χ0v) is 13.1. The summed E-state index contributed by atoms with van der Waals surface area (Å²) in [5.41, 5.74) is 0.416. The van der Waals surface area contributed by atoms with Gasteiger partial charge >= 0.3 is 11.8 Å². The average Bonchev–Trinajstić information content (AvgIpc) is 3.18. The maximum atomic E-state index is 12.6. The third-order valence-corrected chi connectivity index (χ3v) is 5.58. The molecule has 2 saturated heterocycles. The summed E-state index contributed by atoms with van der Waals surface area (Å²) in [5.74, 6) is 0.812. The van der Waals surface area contributed by atoms with Crippen molar-refractivity contribution >= 4 is 34.8 Å². The van der Waals surface area contributed by atoms with Gasteiger partial charge in [0, 0.05) is 18.8 Å². The number of para-hydroxylation sites is 2. The molecule has 2 aliphatic rings. The van der Waals surface area contributed by atoms with Gasteiger partial charge in [-0.05, 0) is 24.3 Å². The van der Waals surface area contributed by atoms with Crippen LogP contribution in [0.25, 0.3) is 11.1 Å². The largest absolute Gasteiger partial charge is 0.420 e. The maximum Gasteiger partial charge on any atom is 0.420 e. The van der Waals surface area contributed by atoms with Crippen LogP contribution in [0.2, 0.25) is 0 Å². The molecule has 0 aliphatic carbocycles. The van der Waals surface area contributed by atoms with Crippen LogP contribution in [0, 0.1) is 0 Å². The van der Waals surface area contributed by atoms with Crippen LogP contribution >= 0.6 is 11.8 Å². The van der Waals surface area contributed by atoms with Crippen LogP contribution in [0.15, 0.2) is 33.5 Å². The number of carbonyl (C=O) groups excluding carboxylic acids is 2. The molecule has 0 bridgehead atoms. The van der Waals surface area contributed by atoms with Crippen LogP contribution in [0.3, 0.4) is 0 Å². The van der Waals surface area contributed by atoms with Gasteiger partial charge in [-0.15, -0.1) is 0 Å². The Morgan fingerprint density at radius 3 is 2.83 bits per heavy atom. The lowest BCUT2D eigenvalue weighted by Crippen LogP contribution is -2.47. The molecule has 120 valence electrons. The van der Waals surface area contributed by atoms with Gasteiger partial charge in [0.1, 0.15) is 5.54 Å². The third kappa shape index (κ3) is 2.16.